The van der Waals surface area contributed by atoms with Gasteiger partial charge in [0, 0.05) is 17.1 Å². The van der Waals surface area contributed by atoms with Gasteiger partial charge in [0.25, 0.3) is 5.56 Å². The predicted molar refractivity (Wildman–Crippen MR) is 68.2 cm³/mol. The van der Waals surface area contributed by atoms with Gasteiger partial charge in [-0.2, -0.15) is 0 Å². The number of aromatic nitrogens is 1. The van der Waals surface area contributed by atoms with E-state index < -0.39 is 5.97 Å². The number of hydrogen-bond donors (Lipinski definition) is 1. The minimum absolute atomic E-state index is 0.255. The molecule has 0 unspecified atom stereocenters. The van der Waals surface area contributed by atoms with Crippen LogP contribution in [0.15, 0.2) is 33.5 Å². The highest BCUT2D eigenvalue weighted by atomic mass is 79.9. The molecule has 1 heterocycles. The summed E-state index contributed by atoms with van der Waals surface area (Å²) in [7, 11) is 1.64. The quantitative estimate of drug-likeness (QED) is 0.921. The average molecular weight is 296 g/mol. The first-order valence-electron chi connectivity index (χ1n) is 4.99. The maximum absolute atomic E-state index is 11.9. The second-order valence-corrected chi connectivity index (χ2v) is 4.64. The molecule has 0 aliphatic heterocycles. The standard InChI is InChI=1S/C12H10BrNO3/c1-14-11-7(3-2-4-9(11)13)5-8(12(14)17)6-10(15)16/h2-5H,6H2,1H3,(H,15,16). The number of aliphatic carboxylic acids is 1. The Morgan fingerprint density at radius 3 is 2.82 bits per heavy atom. The molecule has 88 valence electrons. The largest absolute Gasteiger partial charge is 0.481 e. The molecule has 0 saturated carbocycles. The summed E-state index contributed by atoms with van der Waals surface area (Å²) in [6.45, 7) is 0. The SMILES string of the molecule is Cn1c(=O)c(CC(=O)O)cc2cccc(Br)c21. The lowest BCUT2D eigenvalue weighted by atomic mass is 10.1. The Morgan fingerprint density at radius 1 is 1.47 bits per heavy atom. The molecule has 0 fully saturated rings. The van der Waals surface area contributed by atoms with Crippen LogP contribution in [0.3, 0.4) is 0 Å². The maximum Gasteiger partial charge on any atom is 0.308 e. The van der Waals surface area contributed by atoms with E-state index in [1.165, 1.54) is 4.57 Å². The van der Waals surface area contributed by atoms with Crippen LogP contribution in [0, 0.1) is 0 Å². The molecule has 0 radical (unpaired) electrons. The van der Waals surface area contributed by atoms with E-state index in [1.54, 1.807) is 13.1 Å². The van der Waals surface area contributed by atoms with Gasteiger partial charge in [-0.05, 0) is 33.4 Å². The van der Waals surface area contributed by atoms with Gasteiger partial charge < -0.3 is 9.67 Å². The van der Waals surface area contributed by atoms with Crippen LogP contribution in [0.4, 0.5) is 0 Å². The van der Waals surface area contributed by atoms with Crippen LogP contribution in [-0.4, -0.2) is 15.6 Å². The van der Waals surface area contributed by atoms with Crippen LogP contribution in [0.2, 0.25) is 0 Å². The number of halogens is 1. The average Bonchev–Trinajstić information content (AvgIpc) is 2.24. The Bertz CT molecular complexity index is 661. The van der Waals surface area contributed by atoms with Gasteiger partial charge in [0.1, 0.15) is 0 Å². The summed E-state index contributed by atoms with van der Waals surface area (Å²) in [5.74, 6) is -1.00. The number of carboxylic acid groups (broad SMARTS) is 1. The number of nitrogens with zero attached hydrogens (tertiary/aromatic N) is 1. The van der Waals surface area contributed by atoms with Crippen molar-refractivity contribution in [1.82, 2.24) is 4.57 Å². The van der Waals surface area contributed by atoms with Crippen molar-refractivity contribution in [3.05, 3.63) is 44.7 Å². The summed E-state index contributed by atoms with van der Waals surface area (Å²) >= 11 is 3.38. The Kier molecular flexibility index (Phi) is 3.02. The van der Waals surface area contributed by atoms with Gasteiger partial charge in [0.15, 0.2) is 0 Å². The Morgan fingerprint density at radius 2 is 2.18 bits per heavy atom. The molecule has 1 aromatic heterocycles. The van der Waals surface area contributed by atoms with Crippen molar-refractivity contribution in [2.45, 2.75) is 6.42 Å². The summed E-state index contributed by atoms with van der Waals surface area (Å²) in [6, 6.07) is 7.18. The number of aryl methyl sites for hydroxylation is 1. The minimum Gasteiger partial charge on any atom is -0.481 e. The van der Waals surface area contributed by atoms with Gasteiger partial charge in [0.2, 0.25) is 0 Å². The number of carbonyl (C=O) groups is 1. The molecular weight excluding hydrogens is 286 g/mol. The molecule has 1 aromatic carbocycles. The van der Waals surface area contributed by atoms with Gasteiger partial charge in [-0.3, -0.25) is 9.59 Å². The van der Waals surface area contributed by atoms with E-state index in [4.69, 9.17) is 5.11 Å². The molecule has 0 amide bonds. The molecule has 0 saturated heterocycles. The lowest BCUT2D eigenvalue weighted by molar-refractivity contribution is -0.136. The Hall–Kier alpha value is -1.62. The van der Waals surface area contributed by atoms with Gasteiger partial charge in [-0.15, -0.1) is 0 Å². The molecular formula is C12H10BrNO3. The third-order valence-corrected chi connectivity index (χ3v) is 3.24. The fourth-order valence-corrected chi connectivity index (χ4v) is 2.51. The summed E-state index contributed by atoms with van der Waals surface area (Å²) in [6.07, 6.45) is -0.255. The van der Waals surface area contributed by atoms with Crippen molar-refractivity contribution < 1.29 is 9.90 Å². The zero-order valence-corrected chi connectivity index (χ0v) is 10.7. The zero-order chi connectivity index (χ0) is 12.6. The summed E-state index contributed by atoms with van der Waals surface area (Å²) in [4.78, 5) is 22.6. The topological polar surface area (TPSA) is 59.3 Å². The van der Waals surface area contributed by atoms with Gasteiger partial charge in [-0.1, -0.05) is 12.1 Å². The van der Waals surface area contributed by atoms with Crippen LogP contribution in [-0.2, 0) is 18.3 Å². The molecule has 5 heteroatoms. The molecule has 2 aromatic rings. The number of benzene rings is 1. The third kappa shape index (κ3) is 2.10. The lowest BCUT2D eigenvalue weighted by Gasteiger charge is -2.09. The third-order valence-electron chi connectivity index (χ3n) is 2.60. The van der Waals surface area contributed by atoms with E-state index in [9.17, 15) is 9.59 Å². The Labute approximate surface area is 106 Å². The van der Waals surface area contributed by atoms with Gasteiger partial charge in [0.05, 0.1) is 11.9 Å². The molecule has 0 bridgehead atoms. The van der Waals surface area contributed by atoms with Crippen molar-refractivity contribution in [3.63, 3.8) is 0 Å². The van der Waals surface area contributed by atoms with E-state index >= 15 is 0 Å². The first-order valence-corrected chi connectivity index (χ1v) is 5.79. The number of rotatable bonds is 2. The van der Waals surface area contributed by atoms with Gasteiger partial charge in [-0.25, -0.2) is 0 Å². The normalized spacial score (nSPS) is 10.7. The van der Waals surface area contributed by atoms with E-state index in [0.29, 0.717) is 5.56 Å². The van der Waals surface area contributed by atoms with Crippen LogP contribution >= 0.6 is 15.9 Å². The monoisotopic (exact) mass is 295 g/mol. The first-order chi connectivity index (χ1) is 8.00. The number of para-hydroxylation sites is 1. The summed E-state index contributed by atoms with van der Waals surface area (Å²) in [5.41, 5.74) is 0.795. The molecule has 17 heavy (non-hydrogen) atoms. The number of pyridine rings is 1. The van der Waals surface area contributed by atoms with E-state index in [2.05, 4.69) is 15.9 Å². The molecule has 0 aliphatic rings. The van der Waals surface area contributed by atoms with Gasteiger partial charge >= 0.3 is 5.97 Å². The van der Waals surface area contributed by atoms with Crippen molar-refractivity contribution in [2.75, 3.05) is 0 Å². The van der Waals surface area contributed by atoms with E-state index in [1.807, 2.05) is 18.2 Å². The molecule has 0 aliphatic carbocycles. The number of fused-ring (bicyclic) bond motifs is 1. The fourth-order valence-electron chi connectivity index (χ4n) is 1.86. The molecule has 1 N–H and O–H groups in total. The summed E-state index contributed by atoms with van der Waals surface area (Å²) in [5, 5.41) is 9.60. The lowest BCUT2D eigenvalue weighted by Crippen LogP contribution is -2.23. The van der Waals surface area contributed by atoms with Crippen molar-refractivity contribution in [2.24, 2.45) is 7.05 Å². The number of carboxylic acids is 1. The van der Waals surface area contributed by atoms with Crippen molar-refractivity contribution >= 4 is 32.8 Å². The van der Waals surface area contributed by atoms with Crippen LogP contribution in [0.1, 0.15) is 5.56 Å². The van der Waals surface area contributed by atoms with Crippen molar-refractivity contribution in [3.8, 4) is 0 Å². The highest BCUT2D eigenvalue weighted by Crippen LogP contribution is 2.22. The van der Waals surface area contributed by atoms with Crippen LogP contribution in [0.25, 0.3) is 10.9 Å². The Balaban J connectivity index is 2.80. The van der Waals surface area contributed by atoms with Crippen LogP contribution < -0.4 is 5.56 Å². The fraction of sp³-hybridized carbons (Fsp3) is 0.167. The molecule has 4 nitrogen and oxygen atoms in total. The second-order valence-electron chi connectivity index (χ2n) is 3.78. The highest BCUT2D eigenvalue weighted by molar-refractivity contribution is 9.10. The molecule has 2 rings (SSSR count). The van der Waals surface area contributed by atoms with E-state index in [0.717, 1.165) is 15.4 Å². The predicted octanol–water partition coefficient (Wildman–Crippen LogP) is 1.93. The van der Waals surface area contributed by atoms with Crippen LogP contribution in [0.5, 0.6) is 0 Å². The molecule has 0 atom stereocenters. The summed E-state index contributed by atoms with van der Waals surface area (Å²) < 4.78 is 2.29. The molecule has 0 spiro atoms. The smallest absolute Gasteiger partial charge is 0.308 e. The second kappa shape index (κ2) is 4.33. The number of hydrogen-bond acceptors (Lipinski definition) is 2. The first kappa shape index (κ1) is 11.9. The zero-order valence-electron chi connectivity index (χ0n) is 9.11. The van der Waals surface area contributed by atoms with Crippen molar-refractivity contribution in [1.29, 1.82) is 0 Å². The maximum atomic E-state index is 11.9. The minimum atomic E-state index is -1.00. The highest BCUT2D eigenvalue weighted by Gasteiger charge is 2.11. The van der Waals surface area contributed by atoms with E-state index in [-0.39, 0.29) is 12.0 Å².